The van der Waals surface area contributed by atoms with Crippen LogP contribution in [0.25, 0.3) is 0 Å². The molecule has 1 aliphatic carbocycles. The van der Waals surface area contributed by atoms with Crippen molar-refractivity contribution in [2.45, 2.75) is 77.6 Å². The fourth-order valence-electron chi connectivity index (χ4n) is 6.93. The van der Waals surface area contributed by atoms with Crippen molar-refractivity contribution in [1.29, 1.82) is 0 Å². The van der Waals surface area contributed by atoms with Crippen molar-refractivity contribution in [2.75, 3.05) is 25.2 Å². The molecule has 1 saturated carbocycles. The average molecular weight is 731 g/mol. The van der Waals surface area contributed by atoms with E-state index in [0.717, 1.165) is 60.0 Å². The lowest BCUT2D eigenvalue weighted by atomic mass is 9.98. The van der Waals surface area contributed by atoms with E-state index in [2.05, 4.69) is 10.7 Å². The number of hydrogen-bond donors (Lipinski definition) is 2. The number of hydrogen-bond acceptors (Lipinski definition) is 8. The molecule has 1 aliphatic heterocycles. The van der Waals surface area contributed by atoms with Crippen LogP contribution < -0.4 is 20.5 Å². The summed E-state index contributed by atoms with van der Waals surface area (Å²) >= 11 is 0. The molecule has 0 saturated heterocycles. The molecule has 0 spiro atoms. The summed E-state index contributed by atoms with van der Waals surface area (Å²) < 4.78 is 12.1. The Morgan fingerprint density at radius 1 is 0.815 bits per heavy atom. The SMILES string of the molecule is CNN(C(=O)CN1Cc2c(cccc2OCCCC(=O)N(Cc2ccccc2)Cc2ccccc2)N=C1NC(=O)OC1CCCCC1)c1ccccc1C. The Balaban J connectivity index is 1.14. The molecule has 0 bridgehead atoms. The van der Waals surface area contributed by atoms with Gasteiger partial charge < -0.3 is 19.3 Å². The van der Waals surface area contributed by atoms with Crippen LogP contribution in [-0.2, 0) is 34.0 Å². The molecule has 6 rings (SSSR count). The Kier molecular flexibility index (Phi) is 13.3. The minimum atomic E-state index is -0.587. The van der Waals surface area contributed by atoms with Gasteiger partial charge in [-0.05, 0) is 73.9 Å². The van der Waals surface area contributed by atoms with Crippen LogP contribution in [0.2, 0.25) is 0 Å². The number of anilines is 1. The van der Waals surface area contributed by atoms with Crippen molar-refractivity contribution in [3.8, 4) is 5.75 Å². The molecule has 54 heavy (non-hydrogen) atoms. The summed E-state index contributed by atoms with van der Waals surface area (Å²) in [5.41, 5.74) is 8.24. The highest BCUT2D eigenvalue weighted by Crippen LogP contribution is 2.34. The topological polar surface area (TPSA) is 116 Å². The van der Waals surface area contributed by atoms with E-state index in [1.807, 2.05) is 115 Å². The Hall–Kier alpha value is -5.68. The largest absolute Gasteiger partial charge is 0.493 e. The van der Waals surface area contributed by atoms with Gasteiger partial charge in [-0.2, -0.15) is 0 Å². The predicted octanol–water partition coefficient (Wildman–Crippen LogP) is 7.41. The van der Waals surface area contributed by atoms with E-state index in [1.165, 1.54) is 5.01 Å². The highest BCUT2D eigenvalue weighted by molar-refractivity contribution is 6.01. The van der Waals surface area contributed by atoms with E-state index in [0.29, 0.717) is 44.0 Å². The third kappa shape index (κ3) is 10.3. The zero-order valence-electron chi connectivity index (χ0n) is 31.2. The summed E-state index contributed by atoms with van der Waals surface area (Å²) in [6.07, 6.45) is 4.99. The van der Waals surface area contributed by atoms with E-state index in [9.17, 15) is 14.4 Å². The molecular formula is C43H50N6O5. The van der Waals surface area contributed by atoms with E-state index >= 15 is 0 Å². The molecule has 1 fully saturated rings. The number of ether oxygens (including phenoxy) is 2. The van der Waals surface area contributed by atoms with Gasteiger partial charge >= 0.3 is 6.09 Å². The number of benzene rings is 4. The second kappa shape index (κ2) is 18.9. The van der Waals surface area contributed by atoms with Gasteiger partial charge in [-0.3, -0.25) is 14.9 Å². The van der Waals surface area contributed by atoms with Crippen LogP contribution in [-0.4, -0.2) is 60.0 Å². The molecule has 1 heterocycles. The Morgan fingerprint density at radius 2 is 1.48 bits per heavy atom. The second-order valence-corrected chi connectivity index (χ2v) is 13.7. The van der Waals surface area contributed by atoms with E-state index < -0.39 is 6.09 Å². The van der Waals surface area contributed by atoms with E-state index in [-0.39, 0.29) is 37.0 Å². The van der Waals surface area contributed by atoms with Crippen LogP contribution >= 0.6 is 0 Å². The highest BCUT2D eigenvalue weighted by atomic mass is 16.6. The quantitative estimate of drug-likeness (QED) is 0.103. The number of amides is 3. The lowest BCUT2D eigenvalue weighted by Gasteiger charge is -2.33. The van der Waals surface area contributed by atoms with Crippen LogP contribution in [0, 0.1) is 6.92 Å². The molecule has 11 heteroatoms. The molecular weight excluding hydrogens is 681 g/mol. The fourth-order valence-corrected chi connectivity index (χ4v) is 6.93. The molecule has 0 radical (unpaired) electrons. The summed E-state index contributed by atoms with van der Waals surface area (Å²) in [4.78, 5) is 49.0. The summed E-state index contributed by atoms with van der Waals surface area (Å²) in [7, 11) is 1.70. The van der Waals surface area contributed by atoms with Gasteiger partial charge in [-0.25, -0.2) is 20.2 Å². The molecule has 282 valence electrons. The maximum absolute atomic E-state index is 13.9. The summed E-state index contributed by atoms with van der Waals surface area (Å²) in [6, 6.07) is 33.2. The monoisotopic (exact) mass is 730 g/mol. The molecule has 4 aromatic carbocycles. The van der Waals surface area contributed by atoms with Gasteiger partial charge in [-0.15, -0.1) is 0 Å². The van der Waals surface area contributed by atoms with Gasteiger partial charge in [0.05, 0.1) is 24.5 Å². The van der Waals surface area contributed by atoms with Gasteiger partial charge in [-0.1, -0.05) is 91.3 Å². The number of hydrazine groups is 1. The molecule has 4 aromatic rings. The molecule has 2 aliphatic rings. The number of fused-ring (bicyclic) bond motifs is 1. The fraction of sp³-hybridized carbons (Fsp3) is 0.349. The average Bonchev–Trinajstić information content (AvgIpc) is 3.18. The predicted molar refractivity (Wildman–Crippen MR) is 210 cm³/mol. The van der Waals surface area contributed by atoms with Crippen molar-refractivity contribution >= 4 is 35.2 Å². The summed E-state index contributed by atoms with van der Waals surface area (Å²) in [5, 5.41) is 4.34. The standard InChI is InChI=1S/C43H50N6O5/c1-32-16-12-13-24-38(32)49(44-2)41(51)31-48-30-36-37(45-42(48)46-43(52)54-35-21-10-5-11-22-35)23-14-25-39(36)53-27-15-26-40(50)47(28-33-17-6-3-7-18-33)29-34-19-8-4-9-20-34/h3-4,6-9,12-14,16-20,23-25,35,44H,5,10-11,15,21-22,26-31H2,1-2H3,(H,45,46,52). The van der Waals surface area contributed by atoms with Crippen molar-refractivity contribution in [1.82, 2.24) is 20.5 Å². The Labute approximate surface area is 317 Å². The molecule has 11 nitrogen and oxygen atoms in total. The first kappa shape index (κ1) is 38.1. The minimum Gasteiger partial charge on any atom is -0.493 e. The van der Waals surface area contributed by atoms with Crippen molar-refractivity contribution in [3.05, 3.63) is 125 Å². The first-order chi connectivity index (χ1) is 26.4. The van der Waals surface area contributed by atoms with Crippen LogP contribution in [0.4, 0.5) is 16.2 Å². The molecule has 0 atom stereocenters. The van der Waals surface area contributed by atoms with Gasteiger partial charge in [0.15, 0.2) is 0 Å². The number of guanidine groups is 1. The number of carbonyl (C=O) groups is 3. The number of para-hydroxylation sites is 1. The van der Waals surface area contributed by atoms with E-state index in [4.69, 9.17) is 14.5 Å². The number of rotatable bonds is 14. The summed E-state index contributed by atoms with van der Waals surface area (Å²) in [5.74, 6) is 0.657. The Bertz CT molecular complexity index is 1860. The molecule has 2 N–H and O–H groups in total. The lowest BCUT2D eigenvalue weighted by molar-refractivity contribution is -0.132. The van der Waals surface area contributed by atoms with Crippen LogP contribution in [0.3, 0.4) is 0 Å². The van der Waals surface area contributed by atoms with Crippen LogP contribution in [0.1, 0.15) is 67.2 Å². The third-order valence-corrected chi connectivity index (χ3v) is 9.76. The number of alkyl carbamates (subject to hydrolysis) is 1. The van der Waals surface area contributed by atoms with Gasteiger partial charge in [0.25, 0.3) is 5.91 Å². The number of aliphatic imine (C=N–C) groups is 1. The number of nitrogens with zero attached hydrogens (tertiary/aromatic N) is 4. The zero-order chi connectivity index (χ0) is 37.7. The first-order valence-electron chi connectivity index (χ1n) is 18.9. The first-order valence-corrected chi connectivity index (χ1v) is 18.9. The van der Waals surface area contributed by atoms with E-state index in [1.54, 1.807) is 11.9 Å². The number of carbonyl (C=O) groups excluding carboxylic acids is 3. The second-order valence-electron chi connectivity index (χ2n) is 13.7. The number of nitrogens with one attached hydrogen (secondary N) is 2. The van der Waals surface area contributed by atoms with Crippen LogP contribution in [0.15, 0.2) is 108 Å². The number of aryl methyl sites for hydroxylation is 1. The van der Waals surface area contributed by atoms with Gasteiger partial charge in [0, 0.05) is 32.1 Å². The summed E-state index contributed by atoms with van der Waals surface area (Å²) in [6.45, 7) is 3.47. The molecule has 0 aromatic heterocycles. The minimum absolute atomic E-state index is 0.0502. The lowest BCUT2D eigenvalue weighted by Crippen LogP contribution is -2.52. The molecule has 3 amide bonds. The van der Waals surface area contributed by atoms with Gasteiger partial charge in [0.1, 0.15) is 18.4 Å². The molecule has 0 unspecified atom stereocenters. The van der Waals surface area contributed by atoms with Crippen LogP contribution in [0.5, 0.6) is 5.75 Å². The highest BCUT2D eigenvalue weighted by Gasteiger charge is 2.29. The smallest absolute Gasteiger partial charge is 0.414 e. The third-order valence-electron chi connectivity index (χ3n) is 9.76. The van der Waals surface area contributed by atoms with Crippen molar-refractivity contribution < 1.29 is 23.9 Å². The Morgan fingerprint density at radius 3 is 2.15 bits per heavy atom. The zero-order valence-corrected chi connectivity index (χ0v) is 31.2. The maximum atomic E-state index is 13.9. The van der Waals surface area contributed by atoms with Crippen molar-refractivity contribution in [3.63, 3.8) is 0 Å². The normalized spacial score (nSPS) is 14.0. The van der Waals surface area contributed by atoms with Crippen molar-refractivity contribution in [2.24, 2.45) is 4.99 Å². The van der Waals surface area contributed by atoms with Gasteiger partial charge in [0.2, 0.25) is 11.9 Å². The maximum Gasteiger partial charge on any atom is 0.414 e.